The zero-order chi connectivity index (χ0) is 18.4. The van der Waals surface area contributed by atoms with Crippen LogP contribution in [0.1, 0.15) is 12.8 Å². The maximum absolute atomic E-state index is 12.3. The molecule has 0 bridgehead atoms. The molecule has 1 atom stereocenters. The van der Waals surface area contributed by atoms with Crippen LogP contribution in [0.3, 0.4) is 0 Å². The van der Waals surface area contributed by atoms with Gasteiger partial charge in [0.05, 0.1) is 22.7 Å². The summed E-state index contributed by atoms with van der Waals surface area (Å²) in [6, 6.07) is 17.6. The van der Waals surface area contributed by atoms with Gasteiger partial charge in [0.2, 0.25) is 0 Å². The molecular formula is C21H20N4O2. The zero-order valence-electron chi connectivity index (χ0n) is 14.8. The number of aromatic amines is 1. The summed E-state index contributed by atoms with van der Waals surface area (Å²) in [6.45, 7) is 1.61. The fraction of sp³-hybridized carbons (Fsp3) is 0.238. The molecule has 6 nitrogen and oxygen atoms in total. The predicted octanol–water partition coefficient (Wildman–Crippen LogP) is 2.80. The first-order valence-electron chi connectivity index (χ1n) is 9.23. The van der Waals surface area contributed by atoms with Crippen LogP contribution in [0.5, 0.6) is 0 Å². The van der Waals surface area contributed by atoms with E-state index >= 15 is 0 Å². The lowest BCUT2D eigenvalue weighted by atomic mass is 10.1. The minimum atomic E-state index is -0.269. The number of anilines is 1. The molecule has 1 aliphatic rings. The van der Waals surface area contributed by atoms with Crippen molar-refractivity contribution in [2.45, 2.75) is 18.9 Å². The van der Waals surface area contributed by atoms with E-state index in [4.69, 9.17) is 5.10 Å². The lowest BCUT2D eigenvalue weighted by Crippen LogP contribution is -2.38. The van der Waals surface area contributed by atoms with Crippen LogP contribution >= 0.6 is 0 Å². The molecule has 2 aromatic heterocycles. The number of aliphatic hydroxyl groups excluding tert-OH is 1. The van der Waals surface area contributed by atoms with Gasteiger partial charge in [-0.2, -0.15) is 5.10 Å². The normalized spacial score (nSPS) is 17.7. The second-order valence-electron chi connectivity index (χ2n) is 7.09. The third-order valence-corrected chi connectivity index (χ3v) is 5.23. The third kappa shape index (κ3) is 2.78. The molecule has 1 aliphatic heterocycles. The van der Waals surface area contributed by atoms with E-state index < -0.39 is 0 Å². The number of β-amino-alcohol motifs (C(OH)–C–C–N with tert-alkyl or cyclic N) is 1. The van der Waals surface area contributed by atoms with E-state index in [-0.39, 0.29) is 11.7 Å². The Morgan fingerprint density at radius 2 is 2.00 bits per heavy atom. The SMILES string of the molecule is O=c1[nH]c2cc(-c3cccc(N4CCCC(O)C4)c3)nn2c2ccccc12. The highest BCUT2D eigenvalue weighted by molar-refractivity contribution is 5.81. The molecule has 6 heteroatoms. The highest BCUT2D eigenvalue weighted by Crippen LogP contribution is 2.27. The van der Waals surface area contributed by atoms with Crippen molar-refractivity contribution in [3.63, 3.8) is 0 Å². The van der Waals surface area contributed by atoms with Crippen LogP contribution in [-0.4, -0.2) is 38.9 Å². The number of para-hydroxylation sites is 1. The minimum absolute atomic E-state index is 0.111. The van der Waals surface area contributed by atoms with Gasteiger partial charge in [-0.15, -0.1) is 0 Å². The molecule has 4 aromatic rings. The Morgan fingerprint density at radius 3 is 2.89 bits per heavy atom. The maximum Gasteiger partial charge on any atom is 0.259 e. The highest BCUT2D eigenvalue weighted by atomic mass is 16.3. The Balaban J connectivity index is 1.61. The molecule has 2 aromatic carbocycles. The molecule has 27 heavy (non-hydrogen) atoms. The summed E-state index contributed by atoms with van der Waals surface area (Å²) in [5.41, 5.74) is 4.23. The van der Waals surface area contributed by atoms with Crippen molar-refractivity contribution in [3.8, 4) is 11.3 Å². The van der Waals surface area contributed by atoms with Crippen molar-refractivity contribution in [1.29, 1.82) is 0 Å². The number of aliphatic hydroxyl groups is 1. The van der Waals surface area contributed by atoms with Crippen molar-refractivity contribution in [2.24, 2.45) is 0 Å². The van der Waals surface area contributed by atoms with Crippen molar-refractivity contribution < 1.29 is 5.11 Å². The monoisotopic (exact) mass is 360 g/mol. The maximum atomic E-state index is 12.3. The summed E-state index contributed by atoms with van der Waals surface area (Å²) in [7, 11) is 0. The number of hydrogen-bond donors (Lipinski definition) is 2. The summed E-state index contributed by atoms with van der Waals surface area (Å²) in [4.78, 5) is 17.4. The lowest BCUT2D eigenvalue weighted by Gasteiger charge is -2.32. The highest BCUT2D eigenvalue weighted by Gasteiger charge is 2.18. The van der Waals surface area contributed by atoms with Crippen LogP contribution in [0.15, 0.2) is 59.4 Å². The summed E-state index contributed by atoms with van der Waals surface area (Å²) in [5, 5.41) is 15.3. The Bertz CT molecular complexity index is 1190. The average Bonchev–Trinajstić information content (AvgIpc) is 3.13. The fourth-order valence-corrected chi connectivity index (χ4v) is 3.88. The molecule has 0 saturated carbocycles. The Kier molecular flexibility index (Phi) is 3.72. The van der Waals surface area contributed by atoms with Crippen LogP contribution in [-0.2, 0) is 0 Å². The smallest absolute Gasteiger partial charge is 0.259 e. The zero-order valence-corrected chi connectivity index (χ0v) is 14.8. The molecule has 0 radical (unpaired) electrons. The number of rotatable bonds is 2. The molecule has 136 valence electrons. The number of fused-ring (bicyclic) bond motifs is 3. The average molecular weight is 360 g/mol. The van der Waals surface area contributed by atoms with E-state index in [9.17, 15) is 9.90 Å². The number of H-pyrrole nitrogens is 1. The number of aromatic nitrogens is 3. The second-order valence-corrected chi connectivity index (χ2v) is 7.09. The third-order valence-electron chi connectivity index (χ3n) is 5.23. The van der Waals surface area contributed by atoms with Crippen LogP contribution in [0.25, 0.3) is 27.8 Å². The quantitative estimate of drug-likeness (QED) is 0.576. The van der Waals surface area contributed by atoms with Crippen LogP contribution in [0.4, 0.5) is 5.69 Å². The van der Waals surface area contributed by atoms with Crippen LogP contribution < -0.4 is 10.5 Å². The molecule has 5 rings (SSSR count). The van der Waals surface area contributed by atoms with Gasteiger partial charge in [-0.3, -0.25) is 4.79 Å². The first-order valence-corrected chi connectivity index (χ1v) is 9.23. The molecule has 0 aliphatic carbocycles. The lowest BCUT2D eigenvalue weighted by molar-refractivity contribution is 0.154. The number of nitrogens with zero attached hydrogens (tertiary/aromatic N) is 3. The number of benzene rings is 2. The summed E-state index contributed by atoms with van der Waals surface area (Å²) in [5.74, 6) is 0. The molecule has 3 heterocycles. The topological polar surface area (TPSA) is 73.6 Å². The van der Waals surface area contributed by atoms with Crippen LogP contribution in [0.2, 0.25) is 0 Å². The summed E-state index contributed by atoms with van der Waals surface area (Å²) >= 11 is 0. The van der Waals surface area contributed by atoms with Gasteiger partial charge in [0.25, 0.3) is 5.56 Å². The van der Waals surface area contributed by atoms with Gasteiger partial charge in [-0.05, 0) is 37.1 Å². The largest absolute Gasteiger partial charge is 0.391 e. The summed E-state index contributed by atoms with van der Waals surface area (Å²) < 4.78 is 1.78. The van der Waals surface area contributed by atoms with E-state index in [0.29, 0.717) is 17.6 Å². The minimum Gasteiger partial charge on any atom is -0.391 e. The molecule has 0 amide bonds. The first kappa shape index (κ1) is 16.1. The number of hydrogen-bond acceptors (Lipinski definition) is 4. The van der Waals surface area contributed by atoms with Crippen LogP contribution in [0, 0.1) is 0 Å². The van der Waals surface area contributed by atoms with Gasteiger partial charge in [0.15, 0.2) is 0 Å². The van der Waals surface area contributed by atoms with E-state index in [1.807, 2.05) is 36.4 Å². The van der Waals surface area contributed by atoms with Gasteiger partial charge in [-0.1, -0.05) is 24.3 Å². The van der Waals surface area contributed by atoms with Gasteiger partial charge >= 0.3 is 0 Å². The van der Waals surface area contributed by atoms with Crippen molar-refractivity contribution in [3.05, 3.63) is 65.0 Å². The van der Waals surface area contributed by atoms with Crippen molar-refractivity contribution in [1.82, 2.24) is 14.6 Å². The number of nitrogens with one attached hydrogen (secondary N) is 1. The van der Waals surface area contributed by atoms with E-state index in [2.05, 4.69) is 22.0 Å². The second kappa shape index (κ2) is 6.25. The van der Waals surface area contributed by atoms with Gasteiger partial charge in [-0.25, -0.2) is 4.52 Å². The predicted molar refractivity (Wildman–Crippen MR) is 106 cm³/mol. The molecule has 1 fully saturated rings. The van der Waals surface area contributed by atoms with Crippen molar-refractivity contribution in [2.75, 3.05) is 18.0 Å². The number of piperidine rings is 1. The standard InChI is InChI=1S/C21H20N4O2/c26-16-7-4-10-24(13-16)15-6-3-5-14(11-15)18-12-20-22-21(27)17-8-1-2-9-19(17)25(20)23-18/h1-3,5-6,8-9,11-12,16,26H,4,7,10,13H2,(H,22,27). The summed E-state index contributed by atoms with van der Waals surface area (Å²) in [6.07, 6.45) is 1.59. The Labute approximate surface area is 155 Å². The Morgan fingerprint density at radius 1 is 1.11 bits per heavy atom. The van der Waals surface area contributed by atoms with E-state index in [1.54, 1.807) is 10.6 Å². The molecule has 2 N–H and O–H groups in total. The van der Waals surface area contributed by atoms with Gasteiger partial charge in [0, 0.05) is 30.4 Å². The molecule has 0 spiro atoms. The van der Waals surface area contributed by atoms with E-state index in [0.717, 1.165) is 41.8 Å². The fourth-order valence-electron chi connectivity index (χ4n) is 3.88. The van der Waals surface area contributed by atoms with Gasteiger partial charge < -0.3 is 15.0 Å². The van der Waals surface area contributed by atoms with Crippen molar-refractivity contribution >= 4 is 22.2 Å². The first-order chi connectivity index (χ1) is 13.2. The molecule has 1 unspecified atom stereocenters. The van der Waals surface area contributed by atoms with Gasteiger partial charge in [0.1, 0.15) is 5.65 Å². The molecule has 1 saturated heterocycles. The molecular weight excluding hydrogens is 340 g/mol. The van der Waals surface area contributed by atoms with E-state index in [1.165, 1.54) is 0 Å². The Hall–Kier alpha value is -3.12.